The highest BCUT2D eigenvalue weighted by Gasteiger charge is 2.55. The zero-order chi connectivity index (χ0) is 24.9. The van der Waals surface area contributed by atoms with Crippen LogP contribution in [0.5, 0.6) is 0 Å². The standard InChI is InChI=1S/C24H23BrN2O7S/c25-8-9-33-19(29)12-17-7-6-16(34-17)11-15-13-35-23-20(22(30)27(23)21(15)24(31)32)26-18(28)10-14-4-2-1-3-5-14/h1-7,13,20-21,23H,8-12H2,(H,26,28)(H,31,32)/t20-,21?,23-/m1/s1. The Kier molecular flexibility index (Phi) is 7.97. The van der Waals surface area contributed by atoms with E-state index in [2.05, 4.69) is 21.2 Å². The topological polar surface area (TPSA) is 126 Å². The lowest BCUT2D eigenvalue weighted by atomic mass is 9.95. The van der Waals surface area contributed by atoms with E-state index >= 15 is 0 Å². The van der Waals surface area contributed by atoms with Gasteiger partial charge < -0.3 is 24.5 Å². The van der Waals surface area contributed by atoms with Crippen LogP contribution in [0.3, 0.4) is 0 Å². The number of hydrogen-bond donors (Lipinski definition) is 2. The number of carboxylic acid groups (broad SMARTS) is 1. The normalized spacial score (nSPS) is 20.9. The molecule has 2 N–H and O–H groups in total. The zero-order valence-electron chi connectivity index (χ0n) is 18.5. The summed E-state index contributed by atoms with van der Waals surface area (Å²) in [5.41, 5.74) is 1.31. The lowest BCUT2D eigenvalue weighted by molar-refractivity contribution is -0.160. The van der Waals surface area contributed by atoms with Gasteiger partial charge in [0.05, 0.1) is 6.42 Å². The van der Waals surface area contributed by atoms with Gasteiger partial charge in [0.25, 0.3) is 0 Å². The number of aliphatic carboxylic acids is 1. The molecule has 184 valence electrons. The fourth-order valence-corrected chi connectivity index (χ4v) is 5.41. The van der Waals surface area contributed by atoms with Crippen molar-refractivity contribution in [3.8, 4) is 0 Å². The monoisotopic (exact) mass is 562 g/mol. The van der Waals surface area contributed by atoms with Gasteiger partial charge >= 0.3 is 11.9 Å². The smallest absolute Gasteiger partial charge is 0.330 e. The first kappa shape index (κ1) is 25.1. The van der Waals surface area contributed by atoms with E-state index in [1.54, 1.807) is 17.5 Å². The third-order valence-electron chi connectivity index (χ3n) is 5.58. The van der Waals surface area contributed by atoms with E-state index in [4.69, 9.17) is 9.15 Å². The fourth-order valence-electron chi connectivity index (χ4n) is 4.02. The average Bonchev–Trinajstić information content (AvgIpc) is 3.27. The molecule has 1 aromatic heterocycles. The summed E-state index contributed by atoms with van der Waals surface area (Å²) >= 11 is 4.47. The lowest BCUT2D eigenvalue weighted by Crippen LogP contribution is -2.74. The molecule has 11 heteroatoms. The highest BCUT2D eigenvalue weighted by atomic mass is 79.9. The number of rotatable bonds is 10. The van der Waals surface area contributed by atoms with Crippen molar-refractivity contribution in [3.05, 3.63) is 70.5 Å². The largest absolute Gasteiger partial charge is 0.479 e. The molecular formula is C24H23BrN2O7S. The van der Waals surface area contributed by atoms with Crippen molar-refractivity contribution in [2.75, 3.05) is 11.9 Å². The molecule has 1 aromatic carbocycles. The van der Waals surface area contributed by atoms with Crippen LogP contribution in [-0.4, -0.2) is 63.2 Å². The number of nitrogens with zero attached hydrogens (tertiary/aromatic N) is 1. The number of carbonyl (C=O) groups is 4. The second-order valence-electron chi connectivity index (χ2n) is 8.04. The van der Waals surface area contributed by atoms with Crippen molar-refractivity contribution in [2.45, 2.75) is 36.7 Å². The minimum absolute atomic E-state index is 0.0276. The number of halogens is 1. The summed E-state index contributed by atoms with van der Waals surface area (Å²) in [6, 6.07) is 10.5. The van der Waals surface area contributed by atoms with Gasteiger partial charge in [0.15, 0.2) is 6.04 Å². The van der Waals surface area contributed by atoms with Crippen LogP contribution in [0.4, 0.5) is 0 Å². The molecule has 1 unspecified atom stereocenters. The van der Waals surface area contributed by atoms with E-state index in [-0.39, 0.29) is 31.8 Å². The van der Waals surface area contributed by atoms with E-state index in [1.165, 1.54) is 16.7 Å². The first-order valence-corrected chi connectivity index (χ1v) is 13.0. The van der Waals surface area contributed by atoms with Crippen molar-refractivity contribution < 1.29 is 33.4 Å². The lowest BCUT2D eigenvalue weighted by Gasteiger charge is -2.51. The molecule has 2 aliphatic rings. The molecule has 0 saturated carbocycles. The zero-order valence-corrected chi connectivity index (χ0v) is 20.9. The van der Waals surface area contributed by atoms with Gasteiger partial charge in [-0.05, 0) is 28.7 Å². The Morgan fingerprint density at radius 2 is 1.86 bits per heavy atom. The van der Waals surface area contributed by atoms with Gasteiger partial charge in [0.2, 0.25) is 11.8 Å². The maximum absolute atomic E-state index is 12.8. The van der Waals surface area contributed by atoms with E-state index in [0.717, 1.165) is 5.56 Å². The number of carboxylic acids is 1. The molecule has 0 aliphatic carbocycles. The molecule has 9 nitrogen and oxygen atoms in total. The number of esters is 1. The van der Waals surface area contributed by atoms with Crippen LogP contribution in [0.2, 0.25) is 0 Å². The van der Waals surface area contributed by atoms with Crippen LogP contribution in [0, 0.1) is 0 Å². The van der Waals surface area contributed by atoms with E-state index < -0.39 is 35.3 Å². The third kappa shape index (κ3) is 5.79. The Labute approximate surface area is 214 Å². The number of thioether (sulfide) groups is 1. The Hall–Kier alpha value is -3.05. The number of β-lactam (4-membered cyclic amide) rings is 1. The number of furan rings is 1. The Balaban J connectivity index is 1.40. The maximum atomic E-state index is 12.8. The number of benzene rings is 1. The number of ether oxygens (including phenoxy) is 1. The van der Waals surface area contributed by atoms with Gasteiger partial charge in [-0.2, -0.15) is 0 Å². The molecule has 2 amide bonds. The molecular weight excluding hydrogens is 540 g/mol. The molecule has 0 radical (unpaired) electrons. The second-order valence-corrected chi connectivity index (χ2v) is 9.83. The molecule has 0 bridgehead atoms. The van der Waals surface area contributed by atoms with Crippen LogP contribution in [0.1, 0.15) is 17.1 Å². The molecule has 2 aliphatic heterocycles. The summed E-state index contributed by atoms with van der Waals surface area (Å²) in [5, 5.41) is 14.4. The van der Waals surface area contributed by atoms with Gasteiger partial charge in [-0.15, -0.1) is 11.8 Å². The summed E-state index contributed by atoms with van der Waals surface area (Å²) in [4.78, 5) is 50.4. The van der Waals surface area contributed by atoms with Crippen LogP contribution in [0.25, 0.3) is 0 Å². The van der Waals surface area contributed by atoms with Gasteiger partial charge in [-0.25, -0.2) is 4.79 Å². The van der Waals surface area contributed by atoms with Crippen LogP contribution >= 0.6 is 27.7 Å². The Morgan fingerprint density at radius 3 is 2.57 bits per heavy atom. The van der Waals surface area contributed by atoms with Crippen LogP contribution < -0.4 is 5.32 Å². The molecule has 1 saturated heterocycles. The second kappa shape index (κ2) is 11.1. The first-order valence-electron chi connectivity index (χ1n) is 10.9. The molecule has 35 heavy (non-hydrogen) atoms. The quantitative estimate of drug-likeness (QED) is 0.256. The number of alkyl halides is 1. The predicted octanol–water partition coefficient (Wildman–Crippen LogP) is 2.28. The fraction of sp³-hybridized carbons (Fsp3) is 0.333. The molecule has 0 spiro atoms. The summed E-state index contributed by atoms with van der Waals surface area (Å²) in [6.07, 6.45) is 0.276. The van der Waals surface area contributed by atoms with Crippen LogP contribution in [-0.2, 0) is 43.2 Å². The van der Waals surface area contributed by atoms with Crippen molar-refractivity contribution in [1.29, 1.82) is 0 Å². The van der Waals surface area contributed by atoms with Crippen molar-refractivity contribution in [3.63, 3.8) is 0 Å². The SMILES string of the molecule is O=C(Cc1ccccc1)N[C@@H]1C(=O)N2C(C(=O)O)C(Cc3ccc(CC(=O)OCCBr)o3)=CS[C@H]12. The minimum atomic E-state index is -1.16. The molecule has 3 heterocycles. The molecule has 2 aromatic rings. The average molecular weight is 563 g/mol. The summed E-state index contributed by atoms with van der Waals surface area (Å²) in [6.45, 7) is 0.259. The number of hydrogen-bond acceptors (Lipinski definition) is 7. The number of fused-ring (bicyclic) bond motifs is 1. The highest BCUT2D eigenvalue weighted by molar-refractivity contribution is 9.09. The molecule has 1 fully saturated rings. The van der Waals surface area contributed by atoms with Gasteiger partial charge in [-0.1, -0.05) is 46.3 Å². The number of carbonyl (C=O) groups excluding carboxylic acids is 3. The predicted molar refractivity (Wildman–Crippen MR) is 131 cm³/mol. The highest BCUT2D eigenvalue weighted by Crippen LogP contribution is 2.41. The van der Waals surface area contributed by atoms with Crippen molar-refractivity contribution >= 4 is 51.4 Å². The van der Waals surface area contributed by atoms with Gasteiger partial charge in [-0.3, -0.25) is 14.4 Å². The van der Waals surface area contributed by atoms with Crippen LogP contribution in [0.15, 0.2) is 57.9 Å². The van der Waals surface area contributed by atoms with E-state index in [1.807, 2.05) is 30.3 Å². The van der Waals surface area contributed by atoms with E-state index in [0.29, 0.717) is 22.4 Å². The van der Waals surface area contributed by atoms with Crippen molar-refractivity contribution in [1.82, 2.24) is 10.2 Å². The minimum Gasteiger partial charge on any atom is -0.479 e. The molecule has 3 atom stereocenters. The number of nitrogens with one attached hydrogen (secondary N) is 1. The molecule has 4 rings (SSSR count). The first-order chi connectivity index (χ1) is 16.9. The third-order valence-corrected chi connectivity index (χ3v) is 7.12. The Bertz CT molecular complexity index is 1150. The maximum Gasteiger partial charge on any atom is 0.330 e. The van der Waals surface area contributed by atoms with E-state index in [9.17, 15) is 24.3 Å². The summed E-state index contributed by atoms with van der Waals surface area (Å²) in [7, 11) is 0. The Morgan fingerprint density at radius 1 is 1.11 bits per heavy atom. The van der Waals surface area contributed by atoms with Gasteiger partial charge in [0.1, 0.15) is 36.0 Å². The summed E-state index contributed by atoms with van der Waals surface area (Å²) in [5.74, 6) is -1.42. The number of amides is 2. The van der Waals surface area contributed by atoms with Crippen molar-refractivity contribution in [2.24, 2.45) is 0 Å². The summed E-state index contributed by atoms with van der Waals surface area (Å²) < 4.78 is 10.7. The van der Waals surface area contributed by atoms with Gasteiger partial charge in [0, 0.05) is 11.8 Å².